The maximum atomic E-state index is 13.0. The van der Waals surface area contributed by atoms with Crippen LogP contribution in [0.1, 0.15) is 52.1 Å². The lowest BCUT2D eigenvalue weighted by molar-refractivity contribution is 0.0819. The van der Waals surface area contributed by atoms with Gasteiger partial charge in [0.1, 0.15) is 0 Å². The molecule has 6 nitrogen and oxygen atoms in total. The molecule has 1 fully saturated rings. The molecular formula is C29H37N5O. The molecule has 1 amide bonds. The SMILES string of the molecule is CN(C)C(=O)c1nn(Cc2ccccc2)c2c1C[C@H](NC1CCN(Cc3ccccc3)CC1)CC2. The highest BCUT2D eigenvalue weighted by molar-refractivity contribution is 5.93. The molecule has 6 heteroatoms. The van der Waals surface area contributed by atoms with Crippen LogP contribution >= 0.6 is 0 Å². The topological polar surface area (TPSA) is 53.4 Å². The third-order valence-electron chi connectivity index (χ3n) is 7.44. The molecule has 184 valence electrons. The summed E-state index contributed by atoms with van der Waals surface area (Å²) in [7, 11) is 3.62. The van der Waals surface area contributed by atoms with E-state index in [4.69, 9.17) is 5.10 Å². The van der Waals surface area contributed by atoms with Crippen LogP contribution in [0.3, 0.4) is 0 Å². The summed E-state index contributed by atoms with van der Waals surface area (Å²) < 4.78 is 2.07. The first-order chi connectivity index (χ1) is 17.1. The molecule has 2 heterocycles. The van der Waals surface area contributed by atoms with E-state index in [1.807, 2.05) is 20.2 Å². The number of carbonyl (C=O) groups excluding carboxylic acids is 1. The molecule has 5 rings (SSSR count). The molecule has 1 aliphatic carbocycles. The molecule has 3 aromatic rings. The molecule has 2 aliphatic rings. The van der Waals surface area contributed by atoms with Crippen LogP contribution in [0.15, 0.2) is 60.7 Å². The third-order valence-corrected chi connectivity index (χ3v) is 7.44. The van der Waals surface area contributed by atoms with Gasteiger partial charge in [-0.1, -0.05) is 60.7 Å². The Morgan fingerprint density at radius 3 is 2.17 bits per heavy atom. The van der Waals surface area contributed by atoms with Crippen LogP contribution in [-0.4, -0.2) is 64.8 Å². The number of hydrogen-bond acceptors (Lipinski definition) is 4. The molecule has 0 unspecified atom stereocenters. The van der Waals surface area contributed by atoms with Crippen molar-refractivity contribution in [2.24, 2.45) is 0 Å². The van der Waals surface area contributed by atoms with Gasteiger partial charge in [-0.25, -0.2) is 0 Å². The molecule has 35 heavy (non-hydrogen) atoms. The number of nitrogens with one attached hydrogen (secondary N) is 1. The van der Waals surface area contributed by atoms with Crippen molar-refractivity contribution in [3.8, 4) is 0 Å². The van der Waals surface area contributed by atoms with Crippen molar-refractivity contribution in [1.82, 2.24) is 24.9 Å². The lowest BCUT2D eigenvalue weighted by Crippen LogP contribution is -2.47. The second kappa shape index (κ2) is 10.8. The normalized spacial score (nSPS) is 18.9. The van der Waals surface area contributed by atoms with E-state index in [0.717, 1.165) is 44.5 Å². The Balaban J connectivity index is 1.24. The maximum absolute atomic E-state index is 13.0. The predicted octanol–water partition coefficient (Wildman–Crippen LogP) is 3.74. The van der Waals surface area contributed by atoms with E-state index in [-0.39, 0.29) is 5.91 Å². The number of rotatable bonds is 7. The van der Waals surface area contributed by atoms with Crippen molar-refractivity contribution in [1.29, 1.82) is 0 Å². The first-order valence-electron chi connectivity index (χ1n) is 12.9. The Labute approximate surface area is 208 Å². The van der Waals surface area contributed by atoms with Gasteiger partial charge < -0.3 is 10.2 Å². The fourth-order valence-electron chi connectivity index (χ4n) is 5.53. The minimum absolute atomic E-state index is 0.00271. The Bertz CT molecular complexity index is 1120. The zero-order chi connectivity index (χ0) is 24.2. The van der Waals surface area contributed by atoms with Crippen LogP contribution in [-0.2, 0) is 25.9 Å². The van der Waals surface area contributed by atoms with Gasteiger partial charge in [0, 0.05) is 44.0 Å². The van der Waals surface area contributed by atoms with Crippen molar-refractivity contribution in [2.75, 3.05) is 27.2 Å². The van der Waals surface area contributed by atoms with E-state index in [2.05, 4.69) is 69.5 Å². The summed E-state index contributed by atoms with van der Waals surface area (Å²) in [5.74, 6) is 0.00271. The van der Waals surface area contributed by atoms with E-state index in [0.29, 0.717) is 24.3 Å². The highest BCUT2D eigenvalue weighted by Crippen LogP contribution is 2.27. The van der Waals surface area contributed by atoms with Crippen molar-refractivity contribution in [3.05, 3.63) is 88.7 Å². The molecule has 0 spiro atoms. The number of likely N-dealkylation sites (tertiary alicyclic amines) is 1. The van der Waals surface area contributed by atoms with Gasteiger partial charge in [0.05, 0.1) is 6.54 Å². The number of benzene rings is 2. The average Bonchev–Trinajstić information content (AvgIpc) is 3.23. The Morgan fingerprint density at radius 1 is 0.914 bits per heavy atom. The van der Waals surface area contributed by atoms with Crippen LogP contribution in [0.4, 0.5) is 0 Å². The Kier molecular flexibility index (Phi) is 7.30. The zero-order valence-electron chi connectivity index (χ0n) is 21.0. The summed E-state index contributed by atoms with van der Waals surface area (Å²) in [5.41, 5.74) is 5.61. The molecule has 0 radical (unpaired) electrons. The summed E-state index contributed by atoms with van der Waals surface area (Å²) >= 11 is 0. The summed E-state index contributed by atoms with van der Waals surface area (Å²) in [6, 6.07) is 22.1. The van der Waals surface area contributed by atoms with Crippen molar-refractivity contribution in [2.45, 2.75) is 57.3 Å². The molecule has 0 bridgehead atoms. The fourth-order valence-corrected chi connectivity index (χ4v) is 5.53. The molecular weight excluding hydrogens is 434 g/mol. The second-order valence-corrected chi connectivity index (χ2v) is 10.3. The molecule has 1 aliphatic heterocycles. The number of aromatic nitrogens is 2. The number of hydrogen-bond donors (Lipinski definition) is 1. The monoisotopic (exact) mass is 471 g/mol. The van der Waals surface area contributed by atoms with Gasteiger partial charge >= 0.3 is 0 Å². The number of piperidine rings is 1. The number of amides is 1. The smallest absolute Gasteiger partial charge is 0.274 e. The van der Waals surface area contributed by atoms with Crippen LogP contribution in [0, 0.1) is 0 Å². The van der Waals surface area contributed by atoms with Crippen LogP contribution in [0.5, 0.6) is 0 Å². The maximum Gasteiger partial charge on any atom is 0.274 e. The fraction of sp³-hybridized carbons (Fsp3) is 0.448. The third kappa shape index (κ3) is 5.65. The molecule has 0 saturated carbocycles. The molecule has 1 N–H and O–H groups in total. The van der Waals surface area contributed by atoms with Crippen molar-refractivity contribution in [3.63, 3.8) is 0 Å². The van der Waals surface area contributed by atoms with E-state index in [1.54, 1.807) is 4.90 Å². The van der Waals surface area contributed by atoms with Crippen LogP contribution in [0.2, 0.25) is 0 Å². The van der Waals surface area contributed by atoms with Gasteiger partial charge in [0.2, 0.25) is 0 Å². The van der Waals surface area contributed by atoms with Crippen LogP contribution < -0.4 is 5.32 Å². The largest absolute Gasteiger partial charge is 0.343 e. The Morgan fingerprint density at radius 2 is 1.54 bits per heavy atom. The lowest BCUT2D eigenvalue weighted by atomic mass is 9.89. The quantitative estimate of drug-likeness (QED) is 0.570. The van der Waals surface area contributed by atoms with Gasteiger partial charge in [0.15, 0.2) is 5.69 Å². The van der Waals surface area contributed by atoms with E-state index >= 15 is 0 Å². The van der Waals surface area contributed by atoms with Crippen molar-refractivity contribution >= 4 is 5.91 Å². The first-order valence-corrected chi connectivity index (χ1v) is 12.9. The summed E-state index contributed by atoms with van der Waals surface area (Å²) in [4.78, 5) is 17.2. The summed E-state index contributed by atoms with van der Waals surface area (Å²) in [5, 5.41) is 8.78. The van der Waals surface area contributed by atoms with Gasteiger partial charge in [0.25, 0.3) is 5.91 Å². The average molecular weight is 472 g/mol. The molecule has 1 aromatic heterocycles. The standard InChI is InChI=1S/C29H37N5O/c1-32(2)29(35)28-26-19-25(13-14-27(26)34(31-28)21-23-11-7-4-8-12-23)30-24-15-17-33(18-16-24)20-22-9-5-3-6-10-22/h3-12,24-25,30H,13-21H2,1-2H3/t25-/m1/s1. The summed E-state index contributed by atoms with van der Waals surface area (Å²) in [6.07, 6.45) is 5.27. The molecule has 1 atom stereocenters. The highest BCUT2D eigenvalue weighted by Gasteiger charge is 2.31. The van der Waals surface area contributed by atoms with Gasteiger partial charge in [-0.2, -0.15) is 5.10 Å². The van der Waals surface area contributed by atoms with Gasteiger partial charge in [-0.3, -0.25) is 14.4 Å². The number of fused-ring (bicyclic) bond motifs is 1. The van der Waals surface area contributed by atoms with E-state index in [9.17, 15) is 4.79 Å². The van der Waals surface area contributed by atoms with Crippen molar-refractivity contribution < 1.29 is 4.79 Å². The highest BCUT2D eigenvalue weighted by atomic mass is 16.2. The number of nitrogens with zero attached hydrogens (tertiary/aromatic N) is 4. The first kappa shape index (κ1) is 23.8. The van der Waals surface area contributed by atoms with Gasteiger partial charge in [-0.15, -0.1) is 0 Å². The molecule has 2 aromatic carbocycles. The Hall–Kier alpha value is -2.96. The van der Waals surface area contributed by atoms with Gasteiger partial charge in [-0.05, 0) is 56.3 Å². The predicted molar refractivity (Wildman–Crippen MR) is 139 cm³/mol. The minimum Gasteiger partial charge on any atom is -0.343 e. The van der Waals surface area contributed by atoms with E-state index < -0.39 is 0 Å². The van der Waals surface area contributed by atoms with Crippen LogP contribution in [0.25, 0.3) is 0 Å². The van der Waals surface area contributed by atoms with E-state index in [1.165, 1.54) is 29.7 Å². The minimum atomic E-state index is 0.00271. The second-order valence-electron chi connectivity index (χ2n) is 10.3. The number of carbonyl (C=O) groups is 1. The lowest BCUT2D eigenvalue weighted by Gasteiger charge is -2.35. The zero-order valence-corrected chi connectivity index (χ0v) is 21.0. The molecule has 1 saturated heterocycles. The summed E-state index contributed by atoms with van der Waals surface area (Å²) in [6.45, 7) is 4.01.